The van der Waals surface area contributed by atoms with Crippen LogP contribution in [0.5, 0.6) is 11.5 Å². The summed E-state index contributed by atoms with van der Waals surface area (Å²) >= 11 is 0. The van der Waals surface area contributed by atoms with Crippen LogP contribution in [-0.4, -0.2) is 51.9 Å². The second kappa shape index (κ2) is 10.00. The highest BCUT2D eigenvalue weighted by atomic mass is 19.1. The summed E-state index contributed by atoms with van der Waals surface area (Å²) in [6.45, 7) is 1.33. The van der Waals surface area contributed by atoms with Gasteiger partial charge in [-0.3, -0.25) is 4.98 Å². The standard InChI is InChI=1S/C26H25F2N5O3/c1-35-22-9-23(36-2)25(28)19(24(22)27)8-17-13-33(14-34)26-18(17)7-16(10-31-26)21-12-30-11-20(32-21)15-3-5-29-6-4-15/h3,7,9-13,29,34H,4-6,8,14H2,1-2H3. The molecular formula is C26H25F2N5O3. The average molecular weight is 494 g/mol. The van der Waals surface area contributed by atoms with E-state index >= 15 is 8.78 Å². The molecule has 8 nitrogen and oxygen atoms in total. The van der Waals surface area contributed by atoms with Crippen LogP contribution in [-0.2, 0) is 13.2 Å². The van der Waals surface area contributed by atoms with Gasteiger partial charge in [0, 0.05) is 47.9 Å². The van der Waals surface area contributed by atoms with Crippen molar-refractivity contribution in [2.75, 3.05) is 27.3 Å². The molecule has 36 heavy (non-hydrogen) atoms. The molecule has 5 rings (SSSR count). The number of halogens is 2. The van der Waals surface area contributed by atoms with Crippen LogP contribution in [0.4, 0.5) is 8.78 Å². The molecule has 0 unspecified atom stereocenters. The van der Waals surface area contributed by atoms with Crippen LogP contribution in [0.1, 0.15) is 23.2 Å². The van der Waals surface area contributed by atoms with Crippen molar-refractivity contribution in [1.29, 1.82) is 0 Å². The first-order valence-corrected chi connectivity index (χ1v) is 11.4. The lowest BCUT2D eigenvalue weighted by molar-refractivity contribution is 0.214. The summed E-state index contributed by atoms with van der Waals surface area (Å²) in [4.78, 5) is 13.7. The van der Waals surface area contributed by atoms with E-state index in [4.69, 9.17) is 14.5 Å². The summed E-state index contributed by atoms with van der Waals surface area (Å²) in [5.74, 6) is -1.85. The predicted molar refractivity (Wildman–Crippen MR) is 131 cm³/mol. The number of aromatic nitrogens is 4. The molecule has 2 N–H and O–H groups in total. The molecule has 0 saturated heterocycles. The lowest BCUT2D eigenvalue weighted by Crippen LogP contribution is -2.20. The van der Waals surface area contributed by atoms with Crippen LogP contribution < -0.4 is 14.8 Å². The van der Waals surface area contributed by atoms with Gasteiger partial charge in [-0.05, 0) is 30.2 Å². The largest absolute Gasteiger partial charge is 0.494 e. The van der Waals surface area contributed by atoms with Crippen LogP contribution in [0, 0.1) is 11.6 Å². The Morgan fingerprint density at radius 1 is 1.06 bits per heavy atom. The highest BCUT2D eigenvalue weighted by Gasteiger charge is 2.22. The van der Waals surface area contributed by atoms with Gasteiger partial charge >= 0.3 is 0 Å². The molecule has 0 atom stereocenters. The number of hydrogen-bond acceptors (Lipinski definition) is 7. The average Bonchev–Trinajstić information content (AvgIpc) is 3.28. The summed E-state index contributed by atoms with van der Waals surface area (Å²) in [6.07, 6.45) is 9.53. The van der Waals surface area contributed by atoms with Gasteiger partial charge in [0.25, 0.3) is 0 Å². The van der Waals surface area contributed by atoms with Crippen molar-refractivity contribution in [1.82, 2.24) is 24.8 Å². The van der Waals surface area contributed by atoms with Gasteiger partial charge in [0.2, 0.25) is 0 Å². The number of hydrogen-bond donors (Lipinski definition) is 2. The lowest BCUT2D eigenvalue weighted by atomic mass is 10.0. The minimum Gasteiger partial charge on any atom is -0.494 e. The van der Waals surface area contributed by atoms with E-state index in [1.54, 1.807) is 24.8 Å². The van der Waals surface area contributed by atoms with Gasteiger partial charge in [-0.1, -0.05) is 6.08 Å². The zero-order valence-corrected chi connectivity index (χ0v) is 19.9. The Labute approximate surface area is 206 Å². The van der Waals surface area contributed by atoms with E-state index in [0.29, 0.717) is 27.9 Å². The quantitative estimate of drug-likeness (QED) is 0.405. The van der Waals surface area contributed by atoms with Crippen LogP contribution in [0.25, 0.3) is 27.9 Å². The Kier molecular flexibility index (Phi) is 6.62. The summed E-state index contributed by atoms with van der Waals surface area (Å²) in [7, 11) is 2.62. The highest BCUT2D eigenvalue weighted by molar-refractivity contribution is 5.85. The summed E-state index contributed by atoms with van der Waals surface area (Å²) in [6, 6.07) is 3.02. The van der Waals surface area contributed by atoms with E-state index in [1.165, 1.54) is 24.9 Å². The van der Waals surface area contributed by atoms with Gasteiger partial charge in [0.1, 0.15) is 12.4 Å². The molecule has 4 heterocycles. The van der Waals surface area contributed by atoms with Gasteiger partial charge in [-0.15, -0.1) is 0 Å². The first kappa shape index (κ1) is 23.8. The molecule has 0 saturated carbocycles. The van der Waals surface area contributed by atoms with E-state index in [2.05, 4.69) is 21.4 Å². The Morgan fingerprint density at radius 3 is 2.47 bits per heavy atom. The predicted octanol–water partition coefficient (Wildman–Crippen LogP) is 3.71. The third-order valence-electron chi connectivity index (χ3n) is 6.30. The molecule has 0 fully saturated rings. The number of nitrogens with one attached hydrogen (secondary N) is 1. The molecule has 0 aliphatic carbocycles. The number of benzene rings is 1. The number of aliphatic hydroxyl groups excluding tert-OH is 1. The van der Waals surface area contributed by atoms with E-state index in [1.807, 2.05) is 6.07 Å². The Balaban J connectivity index is 1.60. The number of ether oxygens (including phenoxy) is 2. The van der Waals surface area contributed by atoms with E-state index in [0.717, 1.165) is 30.8 Å². The number of methoxy groups -OCH3 is 2. The van der Waals surface area contributed by atoms with Gasteiger partial charge in [0.15, 0.2) is 23.1 Å². The fourth-order valence-electron chi connectivity index (χ4n) is 4.43. The number of rotatable bonds is 7. The van der Waals surface area contributed by atoms with Crippen molar-refractivity contribution in [3.63, 3.8) is 0 Å². The van der Waals surface area contributed by atoms with Crippen LogP contribution in [0.15, 0.2) is 43.0 Å². The molecule has 1 aromatic carbocycles. The maximum Gasteiger partial charge on any atom is 0.171 e. The molecule has 1 aliphatic heterocycles. The van der Waals surface area contributed by atoms with Crippen molar-refractivity contribution in [2.24, 2.45) is 0 Å². The van der Waals surface area contributed by atoms with Crippen molar-refractivity contribution in [3.05, 3.63) is 71.5 Å². The lowest BCUT2D eigenvalue weighted by Gasteiger charge is -2.14. The maximum absolute atomic E-state index is 15.1. The molecule has 10 heteroatoms. The monoisotopic (exact) mass is 493 g/mol. The topological polar surface area (TPSA) is 94.3 Å². The Morgan fingerprint density at radius 2 is 1.81 bits per heavy atom. The summed E-state index contributed by atoms with van der Waals surface area (Å²) < 4.78 is 41.8. The smallest absolute Gasteiger partial charge is 0.171 e. The van der Waals surface area contributed by atoms with Gasteiger partial charge in [-0.25, -0.2) is 18.7 Å². The molecule has 3 aromatic heterocycles. The number of aliphatic hydroxyl groups is 1. The van der Waals surface area contributed by atoms with Crippen LogP contribution >= 0.6 is 0 Å². The summed E-state index contributed by atoms with van der Waals surface area (Å²) in [5, 5.41) is 13.8. The van der Waals surface area contributed by atoms with Gasteiger partial charge < -0.3 is 24.5 Å². The third kappa shape index (κ3) is 4.29. The van der Waals surface area contributed by atoms with Crippen molar-refractivity contribution in [3.8, 4) is 22.8 Å². The second-order valence-electron chi connectivity index (χ2n) is 8.40. The highest BCUT2D eigenvalue weighted by Crippen LogP contribution is 2.35. The van der Waals surface area contributed by atoms with Crippen LogP contribution in [0.2, 0.25) is 0 Å². The molecule has 186 valence electrons. The minimum atomic E-state index is -0.807. The molecule has 4 aromatic rings. The maximum atomic E-state index is 15.1. The Bertz CT molecular complexity index is 1440. The van der Waals surface area contributed by atoms with E-state index < -0.39 is 11.6 Å². The van der Waals surface area contributed by atoms with Crippen molar-refractivity contribution < 1.29 is 23.4 Å². The molecular weight excluding hydrogens is 468 g/mol. The molecule has 0 bridgehead atoms. The number of pyridine rings is 1. The van der Waals surface area contributed by atoms with Crippen molar-refractivity contribution >= 4 is 16.6 Å². The number of nitrogens with zero attached hydrogens (tertiary/aromatic N) is 4. The van der Waals surface area contributed by atoms with Gasteiger partial charge in [0.05, 0.1) is 38.0 Å². The second-order valence-corrected chi connectivity index (χ2v) is 8.40. The van der Waals surface area contributed by atoms with Crippen LogP contribution in [0.3, 0.4) is 0 Å². The SMILES string of the molecule is COc1cc(OC)c(F)c(Cc2cn(CO)c3ncc(-c4cncc(C5=CCNCC5)n4)cc23)c1F. The normalized spacial score (nSPS) is 13.6. The van der Waals surface area contributed by atoms with E-state index in [9.17, 15) is 5.11 Å². The van der Waals surface area contributed by atoms with Gasteiger partial charge in [-0.2, -0.15) is 0 Å². The fraction of sp³-hybridized carbons (Fsp3) is 0.269. The third-order valence-corrected chi connectivity index (χ3v) is 6.30. The van der Waals surface area contributed by atoms with Crippen molar-refractivity contribution in [2.45, 2.75) is 19.6 Å². The van der Waals surface area contributed by atoms with E-state index in [-0.39, 0.29) is 30.2 Å². The first-order valence-electron chi connectivity index (χ1n) is 11.4. The Hall–Kier alpha value is -3.89. The minimum absolute atomic E-state index is 0.106. The molecule has 0 radical (unpaired) electrons. The fourth-order valence-corrected chi connectivity index (χ4v) is 4.43. The first-order chi connectivity index (χ1) is 17.5. The molecule has 0 amide bonds. The zero-order chi connectivity index (χ0) is 25.2. The molecule has 0 spiro atoms. The zero-order valence-electron chi connectivity index (χ0n) is 19.9. The number of fused-ring (bicyclic) bond motifs is 1. The summed E-state index contributed by atoms with van der Waals surface area (Å²) in [5.41, 5.74) is 4.12. The molecule has 1 aliphatic rings.